The molecule has 0 heterocycles. The van der Waals surface area contributed by atoms with E-state index in [1.165, 1.54) is 0 Å². The smallest absolute Gasteiger partial charge is 0.319 e. The zero-order valence-electron chi connectivity index (χ0n) is 9.31. The Bertz CT molecular complexity index is 380. The van der Waals surface area contributed by atoms with Crippen molar-refractivity contribution in [2.45, 2.75) is 25.8 Å². The molecule has 1 aromatic rings. The lowest BCUT2D eigenvalue weighted by molar-refractivity contribution is -0.125. The normalized spacial score (nSPS) is 12.1. The highest BCUT2D eigenvalue weighted by Crippen LogP contribution is 2.22. The maximum atomic E-state index is 12.6. The van der Waals surface area contributed by atoms with E-state index in [-0.39, 0.29) is 6.54 Å². The van der Waals surface area contributed by atoms with E-state index in [1.807, 2.05) is 0 Å². The minimum atomic E-state index is -4.01. The van der Waals surface area contributed by atoms with Crippen LogP contribution in [0.4, 0.5) is 23.2 Å². The topological polar surface area (TPSA) is 38.0 Å². The number of alkyl halides is 4. The molecular weight excluding hydrogens is 236 g/mol. The molecule has 6 heteroatoms. The van der Waals surface area contributed by atoms with Crippen molar-refractivity contribution < 1.29 is 17.6 Å². The zero-order valence-corrected chi connectivity index (χ0v) is 9.31. The molecule has 0 saturated heterocycles. The Labute approximate surface area is 96.8 Å². The highest BCUT2D eigenvalue weighted by atomic mass is 19.3. The van der Waals surface area contributed by atoms with Gasteiger partial charge in [0.15, 0.2) is 0 Å². The van der Waals surface area contributed by atoms with Crippen LogP contribution in [0.1, 0.15) is 11.1 Å². The fourth-order valence-corrected chi connectivity index (χ4v) is 1.34. The molecule has 0 aromatic heterocycles. The van der Waals surface area contributed by atoms with E-state index in [0.717, 1.165) is 11.1 Å². The number of hydrogen-bond acceptors (Lipinski definition) is 2. The molecule has 3 N–H and O–H groups in total. The third kappa shape index (κ3) is 3.59. The van der Waals surface area contributed by atoms with Gasteiger partial charge in [-0.15, -0.1) is 0 Å². The predicted molar refractivity (Wildman–Crippen MR) is 58.2 cm³/mol. The van der Waals surface area contributed by atoms with Crippen LogP contribution in [0.5, 0.6) is 0 Å². The highest BCUT2D eigenvalue weighted by Gasteiger charge is 2.39. The van der Waals surface area contributed by atoms with Crippen molar-refractivity contribution in [1.29, 1.82) is 0 Å². The van der Waals surface area contributed by atoms with Gasteiger partial charge in [-0.05, 0) is 24.1 Å². The second-order valence-electron chi connectivity index (χ2n) is 3.80. The van der Waals surface area contributed by atoms with Gasteiger partial charge in [0, 0.05) is 12.2 Å². The third-order valence-electron chi connectivity index (χ3n) is 2.48. The molecule has 1 aromatic carbocycles. The number of benzene rings is 1. The fourth-order valence-electron chi connectivity index (χ4n) is 1.34. The summed E-state index contributed by atoms with van der Waals surface area (Å²) in [5.74, 6) is -4.01. The van der Waals surface area contributed by atoms with Crippen LogP contribution in [0.3, 0.4) is 0 Å². The Morgan fingerprint density at radius 2 is 2.00 bits per heavy atom. The van der Waals surface area contributed by atoms with Crippen LogP contribution in [0, 0.1) is 6.92 Å². The first-order chi connectivity index (χ1) is 7.84. The van der Waals surface area contributed by atoms with Crippen LogP contribution < -0.4 is 11.1 Å². The molecule has 17 heavy (non-hydrogen) atoms. The van der Waals surface area contributed by atoms with Gasteiger partial charge in [0.2, 0.25) is 0 Å². The van der Waals surface area contributed by atoms with E-state index >= 15 is 0 Å². The minimum absolute atomic E-state index is 0.0825. The third-order valence-corrected chi connectivity index (χ3v) is 2.48. The van der Waals surface area contributed by atoms with E-state index < -0.39 is 18.9 Å². The zero-order chi connectivity index (χ0) is 13.1. The number of nitrogen functional groups attached to an aromatic ring is 1. The highest BCUT2D eigenvalue weighted by molar-refractivity contribution is 5.49. The summed E-state index contributed by atoms with van der Waals surface area (Å²) in [6.07, 6.45) is -3.66. The molecule has 0 fully saturated rings. The lowest BCUT2D eigenvalue weighted by atomic mass is 10.1. The molecule has 0 aliphatic carbocycles. The van der Waals surface area contributed by atoms with Gasteiger partial charge >= 0.3 is 12.3 Å². The number of hydrogen-bond donors (Lipinski definition) is 2. The second-order valence-corrected chi connectivity index (χ2v) is 3.80. The molecular formula is C11H14F4N2. The molecule has 0 radical (unpaired) electrons. The standard InChI is InChI=1S/C11H14F4N2/c1-7-8(3-2-4-9(7)16)5-17-6-11(14,15)10(12)13/h2-4,10,17H,5-6,16H2,1H3. The van der Waals surface area contributed by atoms with Crippen molar-refractivity contribution >= 4 is 5.69 Å². The molecule has 1 rings (SSSR count). The summed E-state index contributed by atoms with van der Waals surface area (Å²) in [6.45, 7) is 0.774. The first-order valence-electron chi connectivity index (χ1n) is 5.05. The van der Waals surface area contributed by atoms with Crippen LogP contribution in [0.25, 0.3) is 0 Å². The van der Waals surface area contributed by atoms with E-state index in [4.69, 9.17) is 5.73 Å². The quantitative estimate of drug-likeness (QED) is 0.622. The average molecular weight is 250 g/mol. The Balaban J connectivity index is 2.55. The van der Waals surface area contributed by atoms with Gasteiger partial charge in [-0.25, -0.2) is 8.78 Å². The number of anilines is 1. The van der Waals surface area contributed by atoms with E-state index in [9.17, 15) is 17.6 Å². The fraction of sp³-hybridized carbons (Fsp3) is 0.455. The van der Waals surface area contributed by atoms with E-state index in [0.29, 0.717) is 5.69 Å². The van der Waals surface area contributed by atoms with Crippen molar-refractivity contribution in [2.24, 2.45) is 0 Å². The van der Waals surface area contributed by atoms with Gasteiger partial charge in [0.1, 0.15) is 0 Å². The Hall–Kier alpha value is -1.30. The first kappa shape index (κ1) is 13.8. The molecule has 2 nitrogen and oxygen atoms in total. The maximum Gasteiger partial charge on any atom is 0.319 e. The largest absolute Gasteiger partial charge is 0.399 e. The van der Waals surface area contributed by atoms with Gasteiger partial charge in [-0.3, -0.25) is 0 Å². The molecule has 0 unspecified atom stereocenters. The van der Waals surface area contributed by atoms with Crippen molar-refractivity contribution in [2.75, 3.05) is 12.3 Å². The summed E-state index contributed by atoms with van der Waals surface area (Å²) >= 11 is 0. The van der Waals surface area contributed by atoms with E-state index in [2.05, 4.69) is 5.32 Å². The summed E-state index contributed by atoms with van der Waals surface area (Å²) in [6, 6.07) is 5.08. The van der Waals surface area contributed by atoms with Gasteiger partial charge < -0.3 is 11.1 Å². The average Bonchev–Trinajstić information content (AvgIpc) is 2.24. The molecule has 0 atom stereocenters. The van der Waals surface area contributed by atoms with Crippen molar-refractivity contribution in [3.05, 3.63) is 29.3 Å². The Kier molecular flexibility index (Phi) is 4.34. The van der Waals surface area contributed by atoms with Gasteiger partial charge in [-0.2, -0.15) is 8.78 Å². The summed E-state index contributed by atoms with van der Waals surface area (Å²) in [5.41, 5.74) is 7.66. The van der Waals surface area contributed by atoms with Crippen LogP contribution in [0.2, 0.25) is 0 Å². The molecule has 0 aliphatic heterocycles. The summed E-state index contributed by atoms with van der Waals surface area (Å²) < 4.78 is 48.9. The minimum Gasteiger partial charge on any atom is -0.399 e. The Morgan fingerprint density at radius 1 is 1.35 bits per heavy atom. The second kappa shape index (κ2) is 5.35. The van der Waals surface area contributed by atoms with Crippen molar-refractivity contribution in [1.82, 2.24) is 5.32 Å². The van der Waals surface area contributed by atoms with E-state index in [1.54, 1.807) is 25.1 Å². The number of nitrogens with two attached hydrogens (primary N) is 1. The molecule has 0 aliphatic rings. The number of nitrogens with one attached hydrogen (secondary N) is 1. The monoisotopic (exact) mass is 250 g/mol. The number of halogens is 4. The molecule has 96 valence electrons. The van der Waals surface area contributed by atoms with Crippen molar-refractivity contribution in [3.8, 4) is 0 Å². The van der Waals surface area contributed by atoms with Gasteiger partial charge in [0.25, 0.3) is 0 Å². The lowest BCUT2D eigenvalue weighted by Crippen LogP contribution is -2.38. The van der Waals surface area contributed by atoms with Gasteiger partial charge in [0.05, 0.1) is 6.54 Å². The first-order valence-corrected chi connectivity index (χ1v) is 5.05. The predicted octanol–water partition coefficient (Wildman–Crippen LogP) is 2.57. The molecule has 0 amide bonds. The van der Waals surface area contributed by atoms with Crippen LogP contribution in [-0.4, -0.2) is 18.9 Å². The van der Waals surface area contributed by atoms with Crippen LogP contribution in [-0.2, 0) is 6.54 Å². The van der Waals surface area contributed by atoms with Crippen LogP contribution in [0.15, 0.2) is 18.2 Å². The summed E-state index contributed by atoms with van der Waals surface area (Å²) in [4.78, 5) is 0. The lowest BCUT2D eigenvalue weighted by Gasteiger charge is -2.16. The molecule has 0 bridgehead atoms. The summed E-state index contributed by atoms with van der Waals surface area (Å²) in [5, 5.41) is 2.31. The van der Waals surface area contributed by atoms with Crippen molar-refractivity contribution in [3.63, 3.8) is 0 Å². The SMILES string of the molecule is Cc1c(N)cccc1CNCC(F)(F)C(F)F. The molecule has 0 saturated carbocycles. The summed E-state index contributed by atoms with van der Waals surface area (Å²) in [7, 11) is 0. The van der Waals surface area contributed by atoms with Crippen LogP contribution >= 0.6 is 0 Å². The number of rotatable bonds is 5. The molecule has 0 spiro atoms. The maximum absolute atomic E-state index is 12.6. The van der Waals surface area contributed by atoms with Gasteiger partial charge in [-0.1, -0.05) is 12.1 Å². The Morgan fingerprint density at radius 3 is 2.59 bits per heavy atom.